The predicted molar refractivity (Wildman–Crippen MR) is 114 cm³/mol. The van der Waals surface area contributed by atoms with E-state index >= 15 is 0 Å². The summed E-state index contributed by atoms with van der Waals surface area (Å²) in [4.78, 5) is 16.9. The van der Waals surface area contributed by atoms with Crippen LogP contribution in [0.25, 0.3) is 0 Å². The third kappa shape index (κ3) is 4.60. The summed E-state index contributed by atoms with van der Waals surface area (Å²) in [5.41, 5.74) is 1.48. The van der Waals surface area contributed by atoms with Gasteiger partial charge in [-0.3, -0.25) is 4.79 Å². The number of hydrogen-bond acceptors (Lipinski definition) is 6. The van der Waals surface area contributed by atoms with Crippen LogP contribution in [0.5, 0.6) is 5.75 Å². The van der Waals surface area contributed by atoms with Crippen LogP contribution in [0.4, 0.5) is 11.5 Å². The van der Waals surface area contributed by atoms with E-state index in [1.807, 2.05) is 29.2 Å². The predicted octanol–water partition coefficient (Wildman–Crippen LogP) is 3.19. The molecule has 154 valence electrons. The number of carbonyl (C=O) groups excluding carboxylic acids is 1. The zero-order valence-corrected chi connectivity index (χ0v) is 17.0. The van der Waals surface area contributed by atoms with E-state index in [0.29, 0.717) is 24.8 Å². The number of hydrogen-bond donors (Lipinski definition) is 1. The number of carbonyl (C=O) groups is 1. The van der Waals surface area contributed by atoms with Gasteiger partial charge in [-0.1, -0.05) is 31.4 Å². The van der Waals surface area contributed by atoms with E-state index in [1.54, 1.807) is 13.2 Å². The molecule has 4 rings (SSSR count). The van der Waals surface area contributed by atoms with Gasteiger partial charge in [0.05, 0.1) is 12.8 Å². The van der Waals surface area contributed by atoms with Crippen molar-refractivity contribution in [1.29, 1.82) is 0 Å². The fourth-order valence-corrected chi connectivity index (χ4v) is 4.18. The van der Waals surface area contributed by atoms with Gasteiger partial charge in [-0.25, -0.2) is 0 Å². The zero-order valence-electron chi connectivity index (χ0n) is 17.0. The van der Waals surface area contributed by atoms with Crippen LogP contribution in [0.3, 0.4) is 0 Å². The first-order valence-electron chi connectivity index (χ1n) is 10.5. The number of para-hydroxylation sites is 2. The van der Waals surface area contributed by atoms with Gasteiger partial charge >= 0.3 is 0 Å². The van der Waals surface area contributed by atoms with E-state index in [2.05, 4.69) is 26.5 Å². The lowest BCUT2D eigenvalue weighted by Gasteiger charge is -2.36. The number of aromatic nitrogens is 2. The number of benzene rings is 1. The van der Waals surface area contributed by atoms with Gasteiger partial charge < -0.3 is 19.9 Å². The molecular formula is C22H29N5O2. The van der Waals surface area contributed by atoms with Gasteiger partial charge in [0.2, 0.25) is 0 Å². The molecule has 1 saturated heterocycles. The summed E-state index contributed by atoms with van der Waals surface area (Å²) in [6, 6.07) is 12.1. The first-order valence-corrected chi connectivity index (χ1v) is 10.5. The Morgan fingerprint density at radius 3 is 2.45 bits per heavy atom. The second kappa shape index (κ2) is 9.11. The average Bonchev–Trinajstić information content (AvgIpc) is 2.80. The van der Waals surface area contributed by atoms with Crippen LogP contribution in [-0.4, -0.2) is 60.3 Å². The Bertz CT molecular complexity index is 812. The van der Waals surface area contributed by atoms with Gasteiger partial charge in [0.25, 0.3) is 5.91 Å². The topological polar surface area (TPSA) is 70.6 Å². The van der Waals surface area contributed by atoms with Crippen LogP contribution >= 0.6 is 0 Å². The number of nitrogens with zero attached hydrogens (tertiary/aromatic N) is 4. The Morgan fingerprint density at radius 2 is 1.76 bits per heavy atom. The Morgan fingerprint density at radius 1 is 1.00 bits per heavy atom. The number of methoxy groups -OCH3 is 1. The summed E-state index contributed by atoms with van der Waals surface area (Å²) in [5.74, 6) is 1.56. The second-order valence-electron chi connectivity index (χ2n) is 7.73. The van der Waals surface area contributed by atoms with E-state index < -0.39 is 0 Å². The molecule has 0 atom stereocenters. The third-order valence-electron chi connectivity index (χ3n) is 5.83. The molecule has 1 aliphatic carbocycles. The molecule has 1 N–H and O–H groups in total. The summed E-state index contributed by atoms with van der Waals surface area (Å²) in [6.07, 6.45) is 6.21. The molecule has 7 nitrogen and oxygen atoms in total. The van der Waals surface area contributed by atoms with Crippen LogP contribution in [-0.2, 0) is 0 Å². The summed E-state index contributed by atoms with van der Waals surface area (Å²) in [6.45, 7) is 2.84. The molecule has 2 fully saturated rings. The number of piperazine rings is 1. The minimum absolute atomic E-state index is 0.0543. The SMILES string of the molecule is COc1ccccc1N1CCN(C(=O)c2ccc(NC3CCCCC3)nn2)CC1. The maximum atomic E-state index is 12.8. The van der Waals surface area contributed by atoms with E-state index in [1.165, 1.54) is 32.1 Å². The molecule has 1 aliphatic heterocycles. The van der Waals surface area contributed by atoms with Gasteiger partial charge in [0.1, 0.15) is 11.6 Å². The van der Waals surface area contributed by atoms with E-state index in [4.69, 9.17) is 4.74 Å². The van der Waals surface area contributed by atoms with Gasteiger partial charge in [-0.05, 0) is 37.1 Å². The molecule has 2 aliphatic rings. The summed E-state index contributed by atoms with van der Waals surface area (Å²) < 4.78 is 5.46. The van der Waals surface area contributed by atoms with E-state index in [9.17, 15) is 4.79 Å². The van der Waals surface area contributed by atoms with E-state index in [0.717, 1.165) is 30.3 Å². The number of ether oxygens (including phenoxy) is 1. The minimum Gasteiger partial charge on any atom is -0.495 e. The van der Waals surface area contributed by atoms with Crippen LogP contribution in [0.1, 0.15) is 42.6 Å². The third-order valence-corrected chi connectivity index (χ3v) is 5.83. The molecule has 0 unspecified atom stereocenters. The highest BCUT2D eigenvalue weighted by molar-refractivity contribution is 5.92. The Hall–Kier alpha value is -2.83. The van der Waals surface area contributed by atoms with Crippen molar-refractivity contribution in [3.05, 3.63) is 42.1 Å². The van der Waals surface area contributed by atoms with Crippen molar-refractivity contribution in [1.82, 2.24) is 15.1 Å². The smallest absolute Gasteiger partial charge is 0.274 e. The molecule has 1 aromatic heterocycles. The second-order valence-corrected chi connectivity index (χ2v) is 7.73. The van der Waals surface area contributed by atoms with Crippen molar-refractivity contribution >= 4 is 17.4 Å². The number of rotatable bonds is 5. The largest absolute Gasteiger partial charge is 0.495 e. The molecule has 29 heavy (non-hydrogen) atoms. The minimum atomic E-state index is -0.0543. The maximum absolute atomic E-state index is 12.8. The van der Waals surface area contributed by atoms with Gasteiger partial charge in [0, 0.05) is 32.2 Å². The van der Waals surface area contributed by atoms with Crippen molar-refractivity contribution in [2.45, 2.75) is 38.1 Å². The van der Waals surface area contributed by atoms with Gasteiger partial charge in [-0.2, -0.15) is 0 Å². The number of amides is 1. The lowest BCUT2D eigenvalue weighted by molar-refractivity contribution is 0.0739. The molecule has 1 saturated carbocycles. The van der Waals surface area contributed by atoms with Crippen molar-refractivity contribution in [3.8, 4) is 5.75 Å². The summed E-state index contributed by atoms with van der Waals surface area (Å²) >= 11 is 0. The number of anilines is 2. The van der Waals surface area contributed by atoms with Crippen LogP contribution < -0.4 is 15.0 Å². The Kier molecular flexibility index (Phi) is 6.12. The lowest BCUT2D eigenvalue weighted by Crippen LogP contribution is -2.49. The maximum Gasteiger partial charge on any atom is 0.274 e. The van der Waals surface area contributed by atoms with Gasteiger partial charge in [0.15, 0.2) is 5.69 Å². The average molecular weight is 396 g/mol. The molecule has 0 spiro atoms. The van der Waals surface area contributed by atoms with Crippen molar-refractivity contribution in [2.75, 3.05) is 43.5 Å². The molecular weight excluding hydrogens is 366 g/mol. The van der Waals surface area contributed by atoms with Crippen molar-refractivity contribution in [3.63, 3.8) is 0 Å². The highest BCUT2D eigenvalue weighted by Crippen LogP contribution is 2.28. The highest BCUT2D eigenvalue weighted by atomic mass is 16.5. The van der Waals surface area contributed by atoms with Crippen LogP contribution in [0.2, 0.25) is 0 Å². The highest BCUT2D eigenvalue weighted by Gasteiger charge is 2.25. The van der Waals surface area contributed by atoms with Crippen molar-refractivity contribution < 1.29 is 9.53 Å². The molecule has 7 heteroatoms. The quantitative estimate of drug-likeness (QED) is 0.838. The molecule has 0 radical (unpaired) electrons. The summed E-state index contributed by atoms with van der Waals surface area (Å²) in [7, 11) is 1.68. The van der Waals surface area contributed by atoms with Crippen molar-refractivity contribution in [2.24, 2.45) is 0 Å². The monoisotopic (exact) mass is 395 g/mol. The molecule has 1 aromatic carbocycles. The van der Waals surface area contributed by atoms with Crippen LogP contribution in [0.15, 0.2) is 36.4 Å². The normalized spacial score (nSPS) is 17.8. The Labute approximate surface area is 172 Å². The first kappa shape index (κ1) is 19.5. The fraction of sp³-hybridized carbons (Fsp3) is 0.500. The first-order chi connectivity index (χ1) is 14.2. The standard InChI is InChI=1S/C22H29N5O2/c1-29-20-10-6-5-9-19(20)26-13-15-27(16-14-26)22(28)18-11-12-21(25-24-18)23-17-7-3-2-4-8-17/h5-6,9-12,17H,2-4,7-8,13-16H2,1H3,(H,23,25). The summed E-state index contributed by atoms with van der Waals surface area (Å²) in [5, 5.41) is 11.9. The van der Waals surface area contributed by atoms with Gasteiger partial charge in [-0.15, -0.1) is 10.2 Å². The van der Waals surface area contributed by atoms with E-state index in [-0.39, 0.29) is 5.91 Å². The fourth-order valence-electron chi connectivity index (χ4n) is 4.18. The Balaban J connectivity index is 1.33. The molecule has 0 bridgehead atoms. The molecule has 2 heterocycles. The molecule has 1 amide bonds. The van der Waals surface area contributed by atoms with Crippen LogP contribution in [0, 0.1) is 0 Å². The zero-order chi connectivity index (χ0) is 20.1. The number of nitrogens with one attached hydrogen (secondary N) is 1. The lowest BCUT2D eigenvalue weighted by atomic mass is 9.95. The molecule has 2 aromatic rings.